The van der Waals surface area contributed by atoms with Crippen LogP contribution in [0.3, 0.4) is 0 Å². The monoisotopic (exact) mass is 587 g/mol. The van der Waals surface area contributed by atoms with Gasteiger partial charge >= 0.3 is 0 Å². The van der Waals surface area contributed by atoms with Crippen molar-refractivity contribution in [1.82, 2.24) is 4.98 Å². The third-order valence-corrected chi connectivity index (χ3v) is 9.20. The molecule has 2 heteroatoms. The molecule has 9 aromatic rings. The first-order valence-corrected chi connectivity index (χ1v) is 15.7. The highest BCUT2D eigenvalue weighted by molar-refractivity contribution is 6.23. The summed E-state index contributed by atoms with van der Waals surface area (Å²) in [5.41, 5.74) is 5.93. The Morgan fingerprint density at radius 3 is 2.04 bits per heavy atom. The Kier molecular flexibility index (Phi) is 6.07. The van der Waals surface area contributed by atoms with Crippen molar-refractivity contribution < 1.29 is 4.74 Å². The summed E-state index contributed by atoms with van der Waals surface area (Å²) in [6.07, 6.45) is 3.85. The fraction of sp³-hybridized carbons (Fsp3) is 0.0227. The Morgan fingerprint density at radius 1 is 0.457 bits per heavy atom. The number of benzene rings is 8. The zero-order valence-electron chi connectivity index (χ0n) is 25.4. The standard InChI is InChI=1S/C44H29NO/c1-28-17-18-31-24-32(20-19-30(31)23-28)29-10-8-11-34(25-29)46-44-39-16-7-6-15-38(39)43(42-27-45-22-21-40(42)44)41-26-33-9-2-3-12-35(33)36-13-4-5-14-37(36)41/h2-27H,1H3. The normalized spacial score (nSPS) is 11.6. The van der Waals surface area contributed by atoms with Crippen LogP contribution in [0.25, 0.3) is 76.1 Å². The summed E-state index contributed by atoms with van der Waals surface area (Å²) in [6.45, 7) is 2.13. The lowest BCUT2D eigenvalue weighted by Gasteiger charge is -2.19. The fourth-order valence-electron chi connectivity index (χ4n) is 7.04. The van der Waals surface area contributed by atoms with Gasteiger partial charge in [0.05, 0.1) is 0 Å². The van der Waals surface area contributed by atoms with Crippen molar-refractivity contribution in [3.05, 3.63) is 164 Å². The van der Waals surface area contributed by atoms with Gasteiger partial charge in [0.25, 0.3) is 0 Å². The van der Waals surface area contributed by atoms with Crippen LogP contribution in [0.15, 0.2) is 158 Å². The molecule has 0 amide bonds. The van der Waals surface area contributed by atoms with Crippen molar-refractivity contribution in [2.24, 2.45) is 0 Å². The predicted molar refractivity (Wildman–Crippen MR) is 194 cm³/mol. The summed E-state index contributed by atoms with van der Waals surface area (Å²) in [5, 5.41) is 11.7. The van der Waals surface area contributed by atoms with Crippen LogP contribution in [0.4, 0.5) is 0 Å². The number of hydrogen-bond donors (Lipinski definition) is 0. The summed E-state index contributed by atoms with van der Waals surface area (Å²) < 4.78 is 6.89. The molecule has 1 aromatic heterocycles. The first-order chi connectivity index (χ1) is 22.7. The van der Waals surface area contributed by atoms with E-state index in [4.69, 9.17) is 4.74 Å². The number of nitrogens with zero attached hydrogens (tertiary/aromatic N) is 1. The minimum Gasteiger partial charge on any atom is -0.456 e. The lowest BCUT2D eigenvalue weighted by Crippen LogP contribution is -1.94. The van der Waals surface area contributed by atoms with Crippen molar-refractivity contribution in [3.8, 4) is 33.8 Å². The molecule has 0 saturated carbocycles. The topological polar surface area (TPSA) is 22.1 Å². The van der Waals surface area contributed by atoms with Crippen LogP contribution in [-0.2, 0) is 0 Å². The van der Waals surface area contributed by atoms with Gasteiger partial charge in [0.2, 0.25) is 0 Å². The van der Waals surface area contributed by atoms with E-state index in [1.807, 2.05) is 18.5 Å². The molecule has 9 rings (SSSR count). The van der Waals surface area contributed by atoms with Gasteiger partial charge < -0.3 is 4.74 Å². The van der Waals surface area contributed by atoms with Crippen LogP contribution >= 0.6 is 0 Å². The smallest absolute Gasteiger partial charge is 0.143 e. The van der Waals surface area contributed by atoms with Gasteiger partial charge in [-0.05, 0) is 97.2 Å². The minimum absolute atomic E-state index is 0.800. The molecular weight excluding hydrogens is 558 g/mol. The second-order valence-corrected chi connectivity index (χ2v) is 12.1. The Bertz CT molecular complexity index is 2580. The first-order valence-electron chi connectivity index (χ1n) is 15.7. The zero-order valence-corrected chi connectivity index (χ0v) is 25.4. The van der Waals surface area contributed by atoms with Gasteiger partial charge in [-0.15, -0.1) is 0 Å². The third kappa shape index (κ3) is 4.30. The molecule has 0 saturated heterocycles. The SMILES string of the molecule is Cc1ccc2cc(-c3cccc(Oc4c5ccccc5c(-c5cc6ccccc6c6ccccc56)c5cnccc45)c3)ccc2c1. The molecule has 0 aliphatic rings. The molecule has 1 heterocycles. The van der Waals surface area contributed by atoms with Crippen molar-refractivity contribution in [1.29, 1.82) is 0 Å². The summed E-state index contributed by atoms with van der Waals surface area (Å²) in [5.74, 6) is 1.64. The largest absolute Gasteiger partial charge is 0.456 e. The van der Waals surface area contributed by atoms with Crippen molar-refractivity contribution in [3.63, 3.8) is 0 Å². The highest BCUT2D eigenvalue weighted by Crippen LogP contribution is 2.47. The van der Waals surface area contributed by atoms with Crippen molar-refractivity contribution >= 4 is 53.9 Å². The van der Waals surface area contributed by atoms with E-state index < -0.39 is 0 Å². The number of pyridine rings is 1. The number of hydrogen-bond acceptors (Lipinski definition) is 2. The molecule has 0 bridgehead atoms. The number of ether oxygens (including phenoxy) is 1. The van der Waals surface area contributed by atoms with E-state index >= 15 is 0 Å². The molecule has 0 unspecified atom stereocenters. The molecular formula is C44H29NO. The van der Waals surface area contributed by atoms with Crippen LogP contribution in [0.2, 0.25) is 0 Å². The molecule has 0 aliphatic carbocycles. The molecule has 46 heavy (non-hydrogen) atoms. The van der Waals surface area contributed by atoms with Crippen LogP contribution in [0.1, 0.15) is 5.56 Å². The van der Waals surface area contributed by atoms with E-state index in [1.165, 1.54) is 54.6 Å². The van der Waals surface area contributed by atoms with E-state index in [0.29, 0.717) is 0 Å². The van der Waals surface area contributed by atoms with Crippen LogP contribution < -0.4 is 4.74 Å². The highest BCUT2D eigenvalue weighted by Gasteiger charge is 2.19. The Morgan fingerprint density at radius 2 is 1.15 bits per heavy atom. The maximum absolute atomic E-state index is 6.89. The maximum atomic E-state index is 6.89. The number of aromatic nitrogens is 1. The lowest BCUT2D eigenvalue weighted by molar-refractivity contribution is 0.494. The predicted octanol–water partition coefficient (Wildman–Crippen LogP) is 12.3. The Labute approximate surface area is 267 Å². The third-order valence-electron chi connectivity index (χ3n) is 9.20. The molecule has 0 radical (unpaired) electrons. The summed E-state index contributed by atoms with van der Waals surface area (Å²) >= 11 is 0. The van der Waals surface area contributed by atoms with Gasteiger partial charge in [0.15, 0.2) is 0 Å². The molecule has 0 spiro atoms. The van der Waals surface area contributed by atoms with E-state index in [0.717, 1.165) is 38.6 Å². The van der Waals surface area contributed by atoms with E-state index in [9.17, 15) is 0 Å². The zero-order chi connectivity index (χ0) is 30.6. The quantitative estimate of drug-likeness (QED) is 0.151. The van der Waals surface area contributed by atoms with Gasteiger partial charge in [0.1, 0.15) is 11.5 Å². The molecule has 0 N–H and O–H groups in total. The van der Waals surface area contributed by atoms with Gasteiger partial charge in [-0.1, -0.05) is 121 Å². The van der Waals surface area contributed by atoms with Gasteiger partial charge in [-0.25, -0.2) is 0 Å². The molecule has 8 aromatic carbocycles. The molecule has 0 atom stereocenters. The molecule has 216 valence electrons. The van der Waals surface area contributed by atoms with Gasteiger partial charge in [0, 0.05) is 28.6 Å². The van der Waals surface area contributed by atoms with Gasteiger partial charge in [-0.3, -0.25) is 4.98 Å². The average Bonchev–Trinajstić information content (AvgIpc) is 3.11. The maximum Gasteiger partial charge on any atom is 0.143 e. The fourth-order valence-corrected chi connectivity index (χ4v) is 7.04. The highest BCUT2D eigenvalue weighted by atomic mass is 16.5. The van der Waals surface area contributed by atoms with Crippen LogP contribution in [-0.4, -0.2) is 4.98 Å². The van der Waals surface area contributed by atoms with Gasteiger partial charge in [-0.2, -0.15) is 0 Å². The molecule has 2 nitrogen and oxygen atoms in total. The van der Waals surface area contributed by atoms with Crippen molar-refractivity contribution in [2.45, 2.75) is 6.92 Å². The summed E-state index contributed by atoms with van der Waals surface area (Å²) in [7, 11) is 0. The Hall–Kier alpha value is -5.99. The van der Waals surface area contributed by atoms with E-state index in [1.54, 1.807) is 0 Å². The first kappa shape index (κ1) is 26.4. The van der Waals surface area contributed by atoms with Crippen LogP contribution in [0.5, 0.6) is 11.5 Å². The van der Waals surface area contributed by atoms with E-state index in [2.05, 4.69) is 151 Å². The Balaban J connectivity index is 1.24. The summed E-state index contributed by atoms with van der Waals surface area (Å²) in [6, 6.07) is 52.0. The second-order valence-electron chi connectivity index (χ2n) is 12.1. The minimum atomic E-state index is 0.800. The number of aryl methyl sites for hydroxylation is 1. The van der Waals surface area contributed by atoms with Crippen LogP contribution in [0, 0.1) is 6.92 Å². The molecule has 0 fully saturated rings. The number of fused-ring (bicyclic) bond motifs is 6. The number of rotatable bonds is 4. The second kappa shape index (κ2) is 10.6. The van der Waals surface area contributed by atoms with Crippen molar-refractivity contribution in [2.75, 3.05) is 0 Å². The average molecular weight is 588 g/mol. The lowest BCUT2D eigenvalue weighted by atomic mass is 9.87. The molecule has 0 aliphatic heterocycles. The van der Waals surface area contributed by atoms with E-state index in [-0.39, 0.29) is 0 Å². The summed E-state index contributed by atoms with van der Waals surface area (Å²) in [4.78, 5) is 4.62.